The van der Waals surface area contributed by atoms with Crippen LogP contribution >= 0.6 is 0 Å². The number of hydrogen-bond donors (Lipinski definition) is 1. The van der Waals surface area contributed by atoms with Crippen LogP contribution < -0.4 is 5.32 Å². The van der Waals surface area contributed by atoms with Gasteiger partial charge in [-0.1, -0.05) is 25.1 Å². The summed E-state index contributed by atoms with van der Waals surface area (Å²) < 4.78 is 5.99. The molecule has 1 rings (SSSR count). The Morgan fingerprint density at radius 2 is 1.89 bits per heavy atom. The molecule has 18 heavy (non-hydrogen) atoms. The predicted octanol–water partition coefficient (Wildman–Crippen LogP) is 3.77. The largest absolute Gasteiger partial charge is 0.374 e. The van der Waals surface area contributed by atoms with Crippen LogP contribution in [-0.2, 0) is 4.74 Å². The fraction of sp³-hybridized carbons (Fsp3) is 0.625. The molecule has 0 aliphatic carbocycles. The van der Waals surface area contributed by atoms with Crippen LogP contribution in [0.2, 0.25) is 0 Å². The first-order valence-electron chi connectivity index (χ1n) is 6.78. The lowest BCUT2D eigenvalue weighted by Crippen LogP contribution is -2.30. The van der Waals surface area contributed by atoms with Crippen molar-refractivity contribution in [2.45, 2.75) is 52.7 Å². The molecule has 0 radical (unpaired) electrons. The Balaban J connectivity index is 2.74. The van der Waals surface area contributed by atoms with Crippen molar-refractivity contribution in [1.82, 2.24) is 5.32 Å². The van der Waals surface area contributed by atoms with E-state index in [1.54, 1.807) is 0 Å². The van der Waals surface area contributed by atoms with Crippen molar-refractivity contribution in [3.8, 4) is 0 Å². The van der Waals surface area contributed by atoms with Crippen LogP contribution in [0.25, 0.3) is 0 Å². The SMILES string of the molecule is CCC(C)(C)OCC(NC)c1ccc(C)c(C)c1. The van der Waals surface area contributed by atoms with Crippen molar-refractivity contribution in [2.24, 2.45) is 0 Å². The van der Waals surface area contributed by atoms with Crippen LogP contribution in [0.4, 0.5) is 0 Å². The Morgan fingerprint density at radius 3 is 2.39 bits per heavy atom. The standard InChI is InChI=1S/C16H27NO/c1-7-16(4,5)18-11-15(17-6)14-9-8-12(2)13(3)10-14/h8-10,15,17H,7,11H2,1-6H3. The Hall–Kier alpha value is -0.860. The molecule has 1 aromatic rings. The summed E-state index contributed by atoms with van der Waals surface area (Å²) in [6, 6.07) is 6.88. The van der Waals surface area contributed by atoms with E-state index in [2.05, 4.69) is 58.1 Å². The summed E-state index contributed by atoms with van der Waals surface area (Å²) in [5.74, 6) is 0. The maximum atomic E-state index is 5.99. The minimum Gasteiger partial charge on any atom is -0.374 e. The van der Waals surface area contributed by atoms with E-state index >= 15 is 0 Å². The molecule has 0 aromatic heterocycles. The lowest BCUT2D eigenvalue weighted by atomic mass is 10.0. The highest BCUT2D eigenvalue weighted by Crippen LogP contribution is 2.21. The van der Waals surface area contributed by atoms with E-state index in [-0.39, 0.29) is 11.6 Å². The monoisotopic (exact) mass is 249 g/mol. The number of hydrogen-bond acceptors (Lipinski definition) is 2. The fourth-order valence-corrected chi connectivity index (χ4v) is 1.74. The minimum absolute atomic E-state index is 0.0468. The molecule has 0 spiro atoms. The maximum Gasteiger partial charge on any atom is 0.0668 e. The molecular formula is C16H27NO. The normalized spacial score (nSPS) is 13.7. The first-order valence-corrected chi connectivity index (χ1v) is 6.78. The van der Waals surface area contributed by atoms with Gasteiger partial charge in [-0.2, -0.15) is 0 Å². The second-order valence-electron chi connectivity index (χ2n) is 5.61. The molecule has 1 atom stereocenters. The van der Waals surface area contributed by atoms with Gasteiger partial charge in [0.2, 0.25) is 0 Å². The molecule has 0 fully saturated rings. The molecule has 102 valence electrons. The predicted molar refractivity (Wildman–Crippen MR) is 78.0 cm³/mol. The first kappa shape index (κ1) is 15.2. The maximum absolute atomic E-state index is 5.99. The fourth-order valence-electron chi connectivity index (χ4n) is 1.74. The molecule has 0 bridgehead atoms. The lowest BCUT2D eigenvalue weighted by Gasteiger charge is -2.27. The molecule has 0 heterocycles. The first-order chi connectivity index (χ1) is 8.39. The number of nitrogens with one attached hydrogen (secondary N) is 1. The summed E-state index contributed by atoms with van der Waals surface area (Å²) in [5.41, 5.74) is 3.92. The summed E-state index contributed by atoms with van der Waals surface area (Å²) >= 11 is 0. The topological polar surface area (TPSA) is 21.3 Å². The van der Waals surface area contributed by atoms with Gasteiger partial charge in [0, 0.05) is 0 Å². The van der Waals surface area contributed by atoms with Crippen molar-refractivity contribution >= 4 is 0 Å². The average molecular weight is 249 g/mol. The summed E-state index contributed by atoms with van der Waals surface area (Å²) in [7, 11) is 1.99. The van der Waals surface area contributed by atoms with Crippen molar-refractivity contribution in [2.75, 3.05) is 13.7 Å². The molecule has 2 nitrogen and oxygen atoms in total. The quantitative estimate of drug-likeness (QED) is 0.828. The van der Waals surface area contributed by atoms with E-state index in [1.165, 1.54) is 16.7 Å². The third-order valence-electron chi connectivity index (χ3n) is 3.77. The van der Waals surface area contributed by atoms with Crippen molar-refractivity contribution in [3.63, 3.8) is 0 Å². The van der Waals surface area contributed by atoms with Crippen LogP contribution in [0.3, 0.4) is 0 Å². The Morgan fingerprint density at radius 1 is 1.22 bits per heavy atom. The van der Waals surface area contributed by atoms with E-state index in [4.69, 9.17) is 4.74 Å². The number of likely N-dealkylation sites (N-methyl/N-ethyl adjacent to an activating group) is 1. The van der Waals surface area contributed by atoms with E-state index in [0.29, 0.717) is 6.61 Å². The van der Waals surface area contributed by atoms with Crippen molar-refractivity contribution in [3.05, 3.63) is 34.9 Å². The molecule has 1 N–H and O–H groups in total. The van der Waals surface area contributed by atoms with Crippen LogP contribution in [0, 0.1) is 13.8 Å². The lowest BCUT2D eigenvalue weighted by molar-refractivity contribution is -0.0300. The summed E-state index contributed by atoms with van der Waals surface area (Å²) in [6.45, 7) is 11.4. The Labute approximate surface area is 112 Å². The number of aryl methyl sites for hydroxylation is 2. The molecule has 1 aromatic carbocycles. The number of ether oxygens (including phenoxy) is 1. The van der Waals surface area contributed by atoms with Crippen molar-refractivity contribution in [1.29, 1.82) is 0 Å². The Bertz CT molecular complexity index is 385. The summed E-state index contributed by atoms with van der Waals surface area (Å²) in [5, 5.41) is 3.34. The molecule has 2 heteroatoms. The second-order valence-corrected chi connectivity index (χ2v) is 5.61. The molecule has 0 saturated carbocycles. The molecule has 0 saturated heterocycles. The smallest absolute Gasteiger partial charge is 0.0668 e. The molecule has 1 unspecified atom stereocenters. The van der Waals surface area contributed by atoms with Crippen molar-refractivity contribution < 1.29 is 4.74 Å². The van der Waals surface area contributed by atoms with E-state index in [1.807, 2.05) is 7.05 Å². The van der Waals surface area contributed by atoms with Crippen LogP contribution in [0.5, 0.6) is 0 Å². The third kappa shape index (κ3) is 4.11. The van der Waals surface area contributed by atoms with Gasteiger partial charge in [0.15, 0.2) is 0 Å². The summed E-state index contributed by atoms with van der Waals surface area (Å²) in [6.07, 6.45) is 1.02. The Kier molecular flexibility index (Phi) is 5.36. The molecular weight excluding hydrogens is 222 g/mol. The van der Waals surface area contributed by atoms with Gasteiger partial charge in [-0.25, -0.2) is 0 Å². The van der Waals surface area contributed by atoms with Gasteiger partial charge < -0.3 is 10.1 Å². The zero-order valence-corrected chi connectivity index (χ0v) is 12.6. The average Bonchev–Trinajstić information content (AvgIpc) is 2.34. The van der Waals surface area contributed by atoms with Gasteiger partial charge in [-0.15, -0.1) is 0 Å². The minimum atomic E-state index is -0.0468. The highest BCUT2D eigenvalue weighted by Gasteiger charge is 2.18. The van der Waals surface area contributed by atoms with Crippen LogP contribution in [0.15, 0.2) is 18.2 Å². The van der Waals surface area contributed by atoms with Gasteiger partial charge in [0.05, 0.1) is 18.2 Å². The van der Waals surface area contributed by atoms with E-state index < -0.39 is 0 Å². The van der Waals surface area contributed by atoms with E-state index in [0.717, 1.165) is 6.42 Å². The van der Waals surface area contributed by atoms with Crippen LogP contribution in [0.1, 0.15) is 49.9 Å². The van der Waals surface area contributed by atoms with Gasteiger partial charge in [0.1, 0.15) is 0 Å². The molecule has 0 amide bonds. The third-order valence-corrected chi connectivity index (χ3v) is 3.77. The highest BCUT2D eigenvalue weighted by molar-refractivity contribution is 5.31. The van der Waals surface area contributed by atoms with E-state index in [9.17, 15) is 0 Å². The molecule has 0 aliphatic rings. The van der Waals surface area contributed by atoms with Gasteiger partial charge >= 0.3 is 0 Å². The number of benzene rings is 1. The molecule has 0 aliphatic heterocycles. The zero-order valence-electron chi connectivity index (χ0n) is 12.6. The highest BCUT2D eigenvalue weighted by atomic mass is 16.5. The number of rotatable bonds is 6. The van der Waals surface area contributed by atoms with Crippen LogP contribution in [-0.4, -0.2) is 19.3 Å². The zero-order chi connectivity index (χ0) is 13.8. The van der Waals surface area contributed by atoms with Gasteiger partial charge in [-0.3, -0.25) is 0 Å². The van der Waals surface area contributed by atoms with Gasteiger partial charge in [-0.05, 0) is 57.9 Å². The second kappa shape index (κ2) is 6.35. The summed E-state index contributed by atoms with van der Waals surface area (Å²) in [4.78, 5) is 0. The van der Waals surface area contributed by atoms with Gasteiger partial charge in [0.25, 0.3) is 0 Å².